The van der Waals surface area contributed by atoms with E-state index in [0.29, 0.717) is 6.10 Å². The smallest absolute Gasteiger partial charge is 0.0575 e. The van der Waals surface area contributed by atoms with E-state index >= 15 is 0 Å². The molecule has 2 fully saturated rings. The molecular formula is C27H52O. The third-order valence-corrected chi connectivity index (χ3v) is 7.84. The van der Waals surface area contributed by atoms with Gasteiger partial charge in [0.25, 0.3) is 0 Å². The van der Waals surface area contributed by atoms with Crippen molar-refractivity contribution >= 4 is 0 Å². The number of unbranched alkanes of at least 4 members (excludes halogenated alkanes) is 9. The molecule has 0 aromatic rings. The van der Waals surface area contributed by atoms with Crippen molar-refractivity contribution in [1.82, 2.24) is 0 Å². The quantitative estimate of drug-likeness (QED) is 0.252. The molecule has 2 rings (SSSR count). The monoisotopic (exact) mass is 392 g/mol. The van der Waals surface area contributed by atoms with E-state index in [4.69, 9.17) is 4.74 Å². The fraction of sp³-hybridized carbons (Fsp3) is 1.00. The van der Waals surface area contributed by atoms with Crippen molar-refractivity contribution < 1.29 is 4.74 Å². The zero-order valence-corrected chi connectivity index (χ0v) is 19.6. The van der Waals surface area contributed by atoms with Crippen LogP contribution in [-0.4, -0.2) is 12.7 Å². The van der Waals surface area contributed by atoms with Gasteiger partial charge in [-0.3, -0.25) is 0 Å². The number of hydrogen-bond donors (Lipinski definition) is 0. The molecule has 2 saturated carbocycles. The van der Waals surface area contributed by atoms with Crippen molar-refractivity contribution in [3.63, 3.8) is 0 Å². The van der Waals surface area contributed by atoms with Crippen LogP contribution in [0.5, 0.6) is 0 Å². The molecule has 0 heterocycles. The summed E-state index contributed by atoms with van der Waals surface area (Å²) in [6, 6.07) is 0. The molecule has 0 radical (unpaired) electrons. The molecule has 0 spiro atoms. The van der Waals surface area contributed by atoms with Crippen LogP contribution < -0.4 is 0 Å². The van der Waals surface area contributed by atoms with Crippen LogP contribution in [0.3, 0.4) is 0 Å². The van der Waals surface area contributed by atoms with Gasteiger partial charge in [0.1, 0.15) is 0 Å². The molecule has 0 saturated heterocycles. The molecule has 166 valence electrons. The Hall–Kier alpha value is -0.0400. The molecular weight excluding hydrogens is 340 g/mol. The number of ether oxygens (including phenoxy) is 1. The summed E-state index contributed by atoms with van der Waals surface area (Å²) in [5.41, 5.74) is 0. The Morgan fingerprint density at radius 1 is 0.536 bits per heavy atom. The molecule has 0 N–H and O–H groups in total. The van der Waals surface area contributed by atoms with E-state index in [1.807, 2.05) is 0 Å². The van der Waals surface area contributed by atoms with Gasteiger partial charge in [-0.25, -0.2) is 0 Å². The molecule has 0 atom stereocenters. The first-order valence-corrected chi connectivity index (χ1v) is 13.4. The second-order valence-corrected chi connectivity index (χ2v) is 10.2. The summed E-state index contributed by atoms with van der Waals surface area (Å²) >= 11 is 0. The SMILES string of the molecule is CCCCCCCCCCOC1CCC(C2CCC(CCCCC)CC2)CC1. The fourth-order valence-corrected chi connectivity index (χ4v) is 5.84. The summed E-state index contributed by atoms with van der Waals surface area (Å²) in [6.07, 6.45) is 29.3. The Bertz CT molecular complexity index is 336. The fourth-order valence-electron chi connectivity index (χ4n) is 5.84. The molecule has 2 aliphatic carbocycles. The van der Waals surface area contributed by atoms with Gasteiger partial charge in [0.15, 0.2) is 0 Å². The maximum absolute atomic E-state index is 6.24. The molecule has 1 heteroatoms. The standard InChI is InChI=1S/C27H52O/c1-3-5-7-8-9-10-11-13-23-28-27-21-19-26(20-22-27)25-17-15-24(16-18-25)14-12-6-4-2/h24-27H,3-23H2,1-2H3. The molecule has 0 aromatic heterocycles. The van der Waals surface area contributed by atoms with Crippen LogP contribution in [0.15, 0.2) is 0 Å². The molecule has 0 amide bonds. The third kappa shape index (κ3) is 10.1. The predicted octanol–water partition coefficient (Wildman–Crippen LogP) is 9.09. The Labute approximate surface area is 177 Å². The maximum atomic E-state index is 6.24. The minimum Gasteiger partial charge on any atom is -0.378 e. The highest BCUT2D eigenvalue weighted by Crippen LogP contribution is 2.41. The Kier molecular flexibility index (Phi) is 13.6. The number of rotatable bonds is 15. The first-order valence-electron chi connectivity index (χ1n) is 13.4. The van der Waals surface area contributed by atoms with Crippen LogP contribution >= 0.6 is 0 Å². The van der Waals surface area contributed by atoms with E-state index in [9.17, 15) is 0 Å². The summed E-state index contributed by atoms with van der Waals surface area (Å²) in [4.78, 5) is 0. The highest BCUT2D eigenvalue weighted by atomic mass is 16.5. The lowest BCUT2D eigenvalue weighted by Crippen LogP contribution is -2.28. The average molecular weight is 393 g/mol. The van der Waals surface area contributed by atoms with Gasteiger partial charge in [-0.1, -0.05) is 97.3 Å². The molecule has 1 nitrogen and oxygen atoms in total. The van der Waals surface area contributed by atoms with E-state index in [0.717, 1.165) is 24.4 Å². The zero-order valence-electron chi connectivity index (χ0n) is 19.6. The van der Waals surface area contributed by atoms with Crippen LogP contribution in [0.1, 0.15) is 142 Å². The first kappa shape index (κ1) is 24.2. The molecule has 0 aromatic carbocycles. The van der Waals surface area contributed by atoms with Crippen molar-refractivity contribution in [2.75, 3.05) is 6.61 Å². The lowest BCUT2D eigenvalue weighted by Gasteiger charge is -2.38. The minimum atomic E-state index is 0.589. The molecule has 28 heavy (non-hydrogen) atoms. The minimum absolute atomic E-state index is 0.589. The van der Waals surface area contributed by atoms with Crippen LogP contribution in [-0.2, 0) is 4.74 Å². The lowest BCUT2D eigenvalue weighted by molar-refractivity contribution is 0.00526. The summed E-state index contributed by atoms with van der Waals surface area (Å²) < 4.78 is 6.24. The van der Waals surface area contributed by atoms with Gasteiger partial charge in [0.05, 0.1) is 6.10 Å². The van der Waals surface area contributed by atoms with Gasteiger partial charge in [0.2, 0.25) is 0 Å². The first-order chi connectivity index (χ1) is 13.8. The van der Waals surface area contributed by atoms with Gasteiger partial charge in [0, 0.05) is 6.61 Å². The van der Waals surface area contributed by atoms with E-state index in [-0.39, 0.29) is 0 Å². The van der Waals surface area contributed by atoms with Crippen molar-refractivity contribution in [3.05, 3.63) is 0 Å². The normalized spacial score (nSPS) is 28.5. The van der Waals surface area contributed by atoms with Gasteiger partial charge in [-0.15, -0.1) is 0 Å². The maximum Gasteiger partial charge on any atom is 0.0575 e. The van der Waals surface area contributed by atoms with E-state index in [1.54, 1.807) is 0 Å². The van der Waals surface area contributed by atoms with Gasteiger partial charge >= 0.3 is 0 Å². The zero-order chi connectivity index (χ0) is 19.9. The highest BCUT2D eigenvalue weighted by molar-refractivity contribution is 4.82. The summed E-state index contributed by atoms with van der Waals surface area (Å²) in [7, 11) is 0. The van der Waals surface area contributed by atoms with Crippen molar-refractivity contribution in [3.8, 4) is 0 Å². The number of hydrogen-bond acceptors (Lipinski definition) is 1. The van der Waals surface area contributed by atoms with E-state index in [1.165, 1.54) is 128 Å². The van der Waals surface area contributed by atoms with Gasteiger partial charge in [-0.2, -0.15) is 0 Å². The molecule has 2 aliphatic rings. The average Bonchev–Trinajstić information content (AvgIpc) is 2.74. The van der Waals surface area contributed by atoms with Crippen LogP contribution in [0.25, 0.3) is 0 Å². The van der Waals surface area contributed by atoms with E-state index < -0.39 is 0 Å². The third-order valence-electron chi connectivity index (χ3n) is 7.84. The second kappa shape index (κ2) is 15.8. The Balaban J connectivity index is 1.44. The largest absolute Gasteiger partial charge is 0.378 e. The summed E-state index contributed by atoms with van der Waals surface area (Å²) in [5, 5.41) is 0. The van der Waals surface area contributed by atoms with Crippen LogP contribution in [0.2, 0.25) is 0 Å². The lowest BCUT2D eigenvalue weighted by atomic mass is 9.70. The van der Waals surface area contributed by atoms with Gasteiger partial charge < -0.3 is 4.74 Å². The van der Waals surface area contributed by atoms with Crippen molar-refractivity contribution in [1.29, 1.82) is 0 Å². The molecule has 0 bridgehead atoms. The Morgan fingerprint density at radius 3 is 1.64 bits per heavy atom. The summed E-state index contributed by atoms with van der Waals surface area (Å²) in [5.74, 6) is 3.14. The highest BCUT2D eigenvalue weighted by Gasteiger charge is 2.30. The summed E-state index contributed by atoms with van der Waals surface area (Å²) in [6.45, 7) is 5.64. The van der Waals surface area contributed by atoms with E-state index in [2.05, 4.69) is 13.8 Å². The topological polar surface area (TPSA) is 9.23 Å². The van der Waals surface area contributed by atoms with Crippen molar-refractivity contribution in [2.45, 2.75) is 148 Å². The van der Waals surface area contributed by atoms with Crippen LogP contribution in [0.4, 0.5) is 0 Å². The van der Waals surface area contributed by atoms with Crippen LogP contribution in [0, 0.1) is 17.8 Å². The second-order valence-electron chi connectivity index (χ2n) is 10.2. The molecule has 0 aliphatic heterocycles. The van der Waals surface area contributed by atoms with Gasteiger partial charge in [-0.05, 0) is 62.7 Å². The molecule has 0 unspecified atom stereocenters. The predicted molar refractivity (Wildman–Crippen MR) is 124 cm³/mol. The Morgan fingerprint density at radius 2 is 1.04 bits per heavy atom. The van der Waals surface area contributed by atoms with Crippen molar-refractivity contribution in [2.24, 2.45) is 17.8 Å².